The third-order valence-corrected chi connectivity index (χ3v) is 4.74. The second-order valence-corrected chi connectivity index (χ2v) is 4.88. The van der Waals surface area contributed by atoms with Gasteiger partial charge >= 0.3 is 84.8 Å². The molecule has 12 heavy (non-hydrogen) atoms. The molecule has 0 atom stereocenters. The summed E-state index contributed by atoms with van der Waals surface area (Å²) in [5, 5.41) is 0. The van der Waals surface area contributed by atoms with Gasteiger partial charge < -0.3 is 0 Å². The molecule has 0 saturated carbocycles. The molecule has 0 spiro atoms. The van der Waals surface area contributed by atoms with Gasteiger partial charge in [-0.15, -0.1) is 0 Å². The Labute approximate surface area is 84.8 Å². The molecule has 0 amide bonds. The first-order valence-electron chi connectivity index (χ1n) is 3.65. The van der Waals surface area contributed by atoms with Gasteiger partial charge in [-0.3, -0.25) is 0 Å². The quantitative estimate of drug-likeness (QED) is 0.591. The van der Waals surface area contributed by atoms with Crippen LogP contribution in [0.25, 0.3) is 11.0 Å². The van der Waals surface area contributed by atoms with E-state index in [0.717, 1.165) is 11.0 Å². The van der Waals surface area contributed by atoms with Crippen molar-refractivity contribution in [2.45, 2.75) is 4.90 Å². The Morgan fingerprint density at radius 2 is 2.33 bits per heavy atom. The van der Waals surface area contributed by atoms with Crippen LogP contribution in [-0.4, -0.2) is 16.2 Å². The number of fused-ring (bicyclic) bond motifs is 1. The van der Waals surface area contributed by atoms with Crippen molar-refractivity contribution >= 4 is 27.0 Å². The van der Waals surface area contributed by atoms with Gasteiger partial charge in [-0.1, -0.05) is 0 Å². The zero-order valence-electron chi connectivity index (χ0n) is 6.79. The minimum atomic E-state index is 1.14. The zero-order chi connectivity index (χ0) is 8.55. The van der Waals surface area contributed by atoms with Crippen LogP contribution in [0.5, 0.6) is 0 Å². The summed E-state index contributed by atoms with van der Waals surface area (Å²) in [6.07, 6.45) is 3.86. The Morgan fingerprint density at radius 3 is 3.08 bits per heavy atom. The van der Waals surface area contributed by atoms with Crippen molar-refractivity contribution in [3.63, 3.8) is 0 Å². The van der Waals surface area contributed by atoms with E-state index in [2.05, 4.69) is 28.4 Å². The molecule has 0 aliphatic carbocycles. The van der Waals surface area contributed by atoms with E-state index < -0.39 is 0 Å². The number of hydrogen-bond acceptors (Lipinski definition) is 2. The zero-order valence-corrected chi connectivity index (χ0v) is 10.6. The van der Waals surface area contributed by atoms with Crippen LogP contribution < -0.4 is 4.16 Å². The minimum absolute atomic E-state index is 1.14. The molecule has 0 radical (unpaired) electrons. The number of aromatic nitrogens is 2. The first-order chi connectivity index (χ1) is 5.83. The molecule has 1 N–H and O–H groups in total. The monoisotopic (exact) mass is 227 g/mol. The standard InChI is InChI=1S/C8H7N2S.Zn/c1-11-6-2-3-7-8(4-6)10-5-9-7;/h2-3,5H,1H3,(H,9,10);. The molecule has 0 unspecified atom stereocenters. The van der Waals surface area contributed by atoms with E-state index >= 15 is 0 Å². The second kappa shape index (κ2) is 3.19. The van der Waals surface area contributed by atoms with E-state index in [1.807, 2.05) is 0 Å². The van der Waals surface area contributed by atoms with Crippen molar-refractivity contribution in [3.05, 3.63) is 18.5 Å². The molecule has 1 aromatic heterocycles. The van der Waals surface area contributed by atoms with Gasteiger partial charge in [0.15, 0.2) is 0 Å². The molecule has 2 rings (SSSR count). The second-order valence-electron chi connectivity index (χ2n) is 2.55. The molecule has 4 heteroatoms. The fourth-order valence-electron chi connectivity index (χ4n) is 1.24. The van der Waals surface area contributed by atoms with Crippen LogP contribution in [0.2, 0.25) is 0 Å². The van der Waals surface area contributed by atoms with Gasteiger partial charge in [-0.2, -0.15) is 0 Å². The number of imidazole rings is 1. The van der Waals surface area contributed by atoms with E-state index in [9.17, 15) is 0 Å². The predicted molar refractivity (Wildman–Crippen MR) is 47.5 cm³/mol. The summed E-state index contributed by atoms with van der Waals surface area (Å²) in [6, 6.07) is 4.25. The van der Waals surface area contributed by atoms with Crippen LogP contribution in [-0.2, 0) is 18.3 Å². The number of H-pyrrole nitrogens is 1. The molecule has 2 aromatic rings. The van der Waals surface area contributed by atoms with E-state index in [-0.39, 0.29) is 0 Å². The Bertz CT molecular complexity index is 410. The summed E-state index contributed by atoms with van der Waals surface area (Å²) >= 11 is 2.96. The normalized spacial score (nSPS) is 10.9. The molecule has 1 aromatic carbocycles. The maximum atomic E-state index is 4.29. The van der Waals surface area contributed by atoms with Crippen molar-refractivity contribution < 1.29 is 18.3 Å². The molecule has 0 aliphatic rings. The number of hydrogen-bond donors (Lipinski definition) is 1. The van der Waals surface area contributed by atoms with E-state index in [1.165, 1.54) is 27.4 Å². The van der Waals surface area contributed by atoms with E-state index in [0.29, 0.717) is 0 Å². The fraction of sp³-hybridized carbons (Fsp3) is 0.125. The first-order valence-corrected chi connectivity index (χ1v) is 6.36. The molecule has 0 bridgehead atoms. The third kappa shape index (κ3) is 1.19. The van der Waals surface area contributed by atoms with Crippen LogP contribution >= 0.6 is 11.8 Å². The van der Waals surface area contributed by atoms with E-state index in [1.54, 1.807) is 18.1 Å². The Morgan fingerprint density at radius 1 is 1.50 bits per heavy atom. The van der Waals surface area contributed by atoms with Crippen LogP contribution in [0.4, 0.5) is 0 Å². The molecule has 0 fully saturated rings. The Hall–Kier alpha value is -0.337. The summed E-state index contributed by atoms with van der Waals surface area (Å²) in [7, 11) is 0. The molecule has 0 aliphatic heterocycles. The topological polar surface area (TPSA) is 28.7 Å². The van der Waals surface area contributed by atoms with E-state index in [4.69, 9.17) is 0 Å². The molecule has 0 saturated heterocycles. The van der Waals surface area contributed by atoms with Crippen molar-refractivity contribution in [3.8, 4) is 0 Å². The number of nitrogens with one attached hydrogen (secondary N) is 1. The van der Waals surface area contributed by atoms with Crippen molar-refractivity contribution in [1.29, 1.82) is 0 Å². The number of nitrogens with zero attached hydrogens (tertiary/aromatic N) is 1. The van der Waals surface area contributed by atoms with Gasteiger partial charge in [0, 0.05) is 0 Å². The van der Waals surface area contributed by atoms with Crippen molar-refractivity contribution in [1.82, 2.24) is 9.97 Å². The third-order valence-electron chi connectivity index (χ3n) is 1.87. The molecule has 1 heterocycles. The Balaban J connectivity index is 2.78. The van der Waals surface area contributed by atoms with Gasteiger partial charge in [-0.05, 0) is 0 Å². The predicted octanol–water partition coefficient (Wildman–Crippen LogP) is 1.46. The summed E-state index contributed by atoms with van der Waals surface area (Å²) in [5.41, 5.74) is 2.29. The summed E-state index contributed by atoms with van der Waals surface area (Å²) in [6.45, 7) is 0. The summed E-state index contributed by atoms with van der Waals surface area (Å²) in [5.74, 6) is 0. The van der Waals surface area contributed by atoms with Gasteiger partial charge in [0.25, 0.3) is 0 Å². The fourth-order valence-corrected chi connectivity index (χ4v) is 3.53. The van der Waals surface area contributed by atoms with Crippen LogP contribution in [0, 0.1) is 0 Å². The maximum absolute atomic E-state index is 4.29. The number of benzene rings is 1. The average Bonchev–Trinajstić information content (AvgIpc) is 2.53. The number of thioether (sulfide) groups is 1. The molecule has 57 valence electrons. The summed E-state index contributed by atoms with van der Waals surface area (Å²) < 4.78 is 1.39. The Kier molecular flexibility index (Phi) is 2.20. The van der Waals surface area contributed by atoms with Crippen molar-refractivity contribution in [2.75, 3.05) is 6.26 Å². The summed E-state index contributed by atoms with van der Waals surface area (Å²) in [4.78, 5) is 8.76. The van der Waals surface area contributed by atoms with Crippen LogP contribution in [0.1, 0.15) is 0 Å². The van der Waals surface area contributed by atoms with Crippen LogP contribution in [0.3, 0.4) is 0 Å². The molecular weight excluding hydrogens is 222 g/mol. The van der Waals surface area contributed by atoms with Gasteiger partial charge in [0.1, 0.15) is 0 Å². The van der Waals surface area contributed by atoms with Gasteiger partial charge in [-0.25, -0.2) is 0 Å². The van der Waals surface area contributed by atoms with Crippen LogP contribution in [0.15, 0.2) is 23.4 Å². The molecular formula is C8H7N2SZn. The average molecular weight is 229 g/mol. The van der Waals surface area contributed by atoms with Gasteiger partial charge in [0.05, 0.1) is 0 Å². The molecule has 2 nitrogen and oxygen atoms in total. The van der Waals surface area contributed by atoms with Gasteiger partial charge in [0.2, 0.25) is 0 Å². The SMILES string of the molecule is CSc1ccc2[nH]cnc2[c]1[Zn]. The number of rotatable bonds is 1. The number of aromatic amines is 1. The first kappa shape index (κ1) is 8.27. The van der Waals surface area contributed by atoms with Crippen molar-refractivity contribution in [2.24, 2.45) is 0 Å².